The number of fused-ring (bicyclic) bond motifs is 1. The fraction of sp³-hybridized carbons (Fsp3) is 0.600. The van der Waals surface area contributed by atoms with Crippen molar-refractivity contribution in [1.29, 1.82) is 0 Å². The Balaban J connectivity index is 2.18. The van der Waals surface area contributed by atoms with Gasteiger partial charge >= 0.3 is 0 Å². The van der Waals surface area contributed by atoms with Gasteiger partial charge in [-0.2, -0.15) is 0 Å². The van der Waals surface area contributed by atoms with E-state index in [0.717, 1.165) is 24.8 Å². The van der Waals surface area contributed by atoms with Gasteiger partial charge in [0, 0.05) is 23.7 Å². The van der Waals surface area contributed by atoms with E-state index in [-0.39, 0.29) is 5.54 Å². The molecule has 0 saturated heterocycles. The van der Waals surface area contributed by atoms with Gasteiger partial charge in [0.15, 0.2) is 0 Å². The van der Waals surface area contributed by atoms with Gasteiger partial charge in [0.05, 0.1) is 11.7 Å². The molecule has 1 saturated carbocycles. The van der Waals surface area contributed by atoms with Crippen molar-refractivity contribution in [1.82, 2.24) is 14.5 Å². The predicted molar refractivity (Wildman–Crippen MR) is 77.1 cm³/mol. The number of nitrogens with zero attached hydrogens (tertiary/aromatic N) is 3. The number of imidazole rings is 1. The van der Waals surface area contributed by atoms with Crippen LogP contribution >= 0.6 is 0 Å². The van der Waals surface area contributed by atoms with Gasteiger partial charge in [-0.3, -0.25) is 4.98 Å². The smallest absolute Gasteiger partial charge is 0.113 e. The molecule has 0 radical (unpaired) electrons. The highest BCUT2D eigenvalue weighted by molar-refractivity contribution is 5.75. The number of rotatable bonds is 1. The molecule has 0 aliphatic heterocycles. The van der Waals surface area contributed by atoms with Crippen LogP contribution in [0.1, 0.15) is 51.8 Å². The fourth-order valence-corrected chi connectivity index (χ4v) is 3.18. The Labute approximate surface area is 114 Å². The van der Waals surface area contributed by atoms with E-state index in [1.807, 2.05) is 12.4 Å². The molecule has 0 aromatic carbocycles. The quantitative estimate of drug-likeness (QED) is 0.855. The second-order valence-electron chi connectivity index (χ2n) is 6.61. The highest BCUT2D eigenvalue weighted by Gasteiger charge is 2.31. The van der Waals surface area contributed by atoms with E-state index in [2.05, 4.69) is 36.4 Å². The van der Waals surface area contributed by atoms with Crippen LogP contribution in [-0.2, 0) is 5.54 Å². The lowest BCUT2D eigenvalue weighted by Gasteiger charge is -2.26. The fourth-order valence-electron chi connectivity index (χ4n) is 3.18. The van der Waals surface area contributed by atoms with Gasteiger partial charge in [-0.15, -0.1) is 0 Å². The third-order valence-electron chi connectivity index (χ3n) is 3.99. The van der Waals surface area contributed by atoms with Crippen molar-refractivity contribution >= 4 is 11.0 Å². The Morgan fingerprint density at radius 3 is 2.74 bits per heavy atom. The molecule has 19 heavy (non-hydrogen) atoms. The summed E-state index contributed by atoms with van der Waals surface area (Å²) in [5, 5.41) is 0. The molecule has 2 heterocycles. The minimum absolute atomic E-state index is 0.0259. The van der Waals surface area contributed by atoms with Gasteiger partial charge in [-0.05, 0) is 46.1 Å². The Kier molecular flexibility index (Phi) is 2.86. The van der Waals surface area contributed by atoms with E-state index in [4.69, 9.17) is 10.7 Å². The molecular formula is C15H22N4. The zero-order chi connectivity index (χ0) is 13.6. The minimum atomic E-state index is 0.0259. The molecule has 0 spiro atoms. The molecule has 0 amide bonds. The summed E-state index contributed by atoms with van der Waals surface area (Å²) in [5.74, 6) is 1.67. The highest BCUT2D eigenvalue weighted by atomic mass is 15.1. The third kappa shape index (κ3) is 2.14. The lowest BCUT2D eigenvalue weighted by molar-refractivity contribution is 0.382. The van der Waals surface area contributed by atoms with Crippen molar-refractivity contribution in [2.24, 2.45) is 5.73 Å². The van der Waals surface area contributed by atoms with Crippen LogP contribution < -0.4 is 5.73 Å². The van der Waals surface area contributed by atoms with Gasteiger partial charge in [-0.25, -0.2) is 4.98 Å². The van der Waals surface area contributed by atoms with Crippen LogP contribution in [0.4, 0.5) is 0 Å². The molecule has 102 valence electrons. The minimum Gasteiger partial charge on any atom is -0.328 e. The van der Waals surface area contributed by atoms with E-state index >= 15 is 0 Å². The average Bonchev–Trinajstić information content (AvgIpc) is 2.90. The van der Waals surface area contributed by atoms with Gasteiger partial charge in [0.2, 0.25) is 0 Å². The molecule has 2 aromatic rings. The molecule has 1 aliphatic carbocycles. The summed E-state index contributed by atoms with van der Waals surface area (Å²) in [5.41, 5.74) is 8.26. The van der Waals surface area contributed by atoms with Gasteiger partial charge < -0.3 is 10.3 Å². The van der Waals surface area contributed by atoms with E-state index in [9.17, 15) is 0 Å². The SMILES string of the molecule is CC(C)(C)n1c([C@@H]2CC[C@H](N)C2)nc2cnccc21. The van der Waals surface area contributed by atoms with Crippen molar-refractivity contribution in [3.8, 4) is 0 Å². The monoisotopic (exact) mass is 258 g/mol. The molecule has 1 fully saturated rings. The zero-order valence-electron chi connectivity index (χ0n) is 11.9. The second-order valence-corrected chi connectivity index (χ2v) is 6.61. The lowest BCUT2D eigenvalue weighted by atomic mass is 10.0. The van der Waals surface area contributed by atoms with Crippen molar-refractivity contribution in [2.45, 2.75) is 57.5 Å². The van der Waals surface area contributed by atoms with Crippen LogP contribution in [0.15, 0.2) is 18.5 Å². The zero-order valence-corrected chi connectivity index (χ0v) is 11.9. The summed E-state index contributed by atoms with van der Waals surface area (Å²) in [6.07, 6.45) is 7.00. The summed E-state index contributed by atoms with van der Waals surface area (Å²) in [6.45, 7) is 6.69. The molecule has 2 atom stereocenters. The largest absolute Gasteiger partial charge is 0.328 e. The Morgan fingerprint density at radius 1 is 1.32 bits per heavy atom. The number of nitrogens with two attached hydrogens (primary N) is 1. The van der Waals surface area contributed by atoms with Crippen LogP contribution in [0.25, 0.3) is 11.0 Å². The molecule has 4 nitrogen and oxygen atoms in total. The maximum Gasteiger partial charge on any atom is 0.113 e. The molecule has 3 rings (SSSR count). The highest BCUT2D eigenvalue weighted by Crippen LogP contribution is 2.37. The first-order valence-corrected chi connectivity index (χ1v) is 7.05. The number of hydrogen-bond donors (Lipinski definition) is 1. The Morgan fingerprint density at radius 2 is 2.11 bits per heavy atom. The van der Waals surface area contributed by atoms with Crippen LogP contribution in [0, 0.1) is 0 Å². The molecule has 0 unspecified atom stereocenters. The Bertz CT molecular complexity index is 594. The van der Waals surface area contributed by atoms with Crippen LogP contribution in [0.3, 0.4) is 0 Å². The van der Waals surface area contributed by atoms with Crippen molar-refractivity contribution in [3.63, 3.8) is 0 Å². The van der Waals surface area contributed by atoms with Crippen molar-refractivity contribution in [3.05, 3.63) is 24.3 Å². The maximum atomic E-state index is 6.07. The predicted octanol–water partition coefficient (Wildman–Crippen LogP) is 2.78. The van der Waals surface area contributed by atoms with Gasteiger partial charge in [-0.1, -0.05) is 0 Å². The first kappa shape index (κ1) is 12.6. The first-order valence-electron chi connectivity index (χ1n) is 7.05. The van der Waals surface area contributed by atoms with Gasteiger partial charge in [0.25, 0.3) is 0 Å². The van der Waals surface area contributed by atoms with Gasteiger partial charge in [0.1, 0.15) is 11.3 Å². The Hall–Kier alpha value is -1.42. The van der Waals surface area contributed by atoms with Crippen LogP contribution in [0.2, 0.25) is 0 Å². The molecule has 0 bridgehead atoms. The van der Waals surface area contributed by atoms with E-state index in [0.29, 0.717) is 12.0 Å². The normalized spacial score (nSPS) is 24.2. The summed E-state index contributed by atoms with van der Waals surface area (Å²) in [7, 11) is 0. The third-order valence-corrected chi connectivity index (χ3v) is 3.99. The standard InChI is InChI=1S/C15H22N4/c1-15(2,3)19-13-6-7-17-9-12(13)18-14(19)10-4-5-11(16)8-10/h6-7,9-11H,4-5,8,16H2,1-3H3/t10-,11+/m1/s1. The maximum absolute atomic E-state index is 6.07. The first-order chi connectivity index (χ1) is 8.97. The molecule has 2 N–H and O–H groups in total. The van der Waals surface area contributed by atoms with E-state index in [1.165, 1.54) is 11.3 Å². The van der Waals surface area contributed by atoms with Crippen LogP contribution in [-0.4, -0.2) is 20.6 Å². The number of aromatic nitrogens is 3. The molecule has 2 aromatic heterocycles. The molecular weight excluding hydrogens is 236 g/mol. The molecule has 1 aliphatic rings. The number of hydrogen-bond acceptors (Lipinski definition) is 3. The van der Waals surface area contributed by atoms with Crippen molar-refractivity contribution < 1.29 is 0 Å². The average molecular weight is 258 g/mol. The number of pyridine rings is 1. The van der Waals surface area contributed by atoms with Crippen molar-refractivity contribution in [2.75, 3.05) is 0 Å². The summed E-state index contributed by atoms with van der Waals surface area (Å²) in [4.78, 5) is 9.03. The van der Waals surface area contributed by atoms with E-state index < -0.39 is 0 Å². The topological polar surface area (TPSA) is 56.7 Å². The summed E-state index contributed by atoms with van der Waals surface area (Å²) < 4.78 is 2.37. The molecule has 4 heteroatoms. The van der Waals surface area contributed by atoms with Crippen LogP contribution in [0.5, 0.6) is 0 Å². The summed E-state index contributed by atoms with van der Waals surface area (Å²) >= 11 is 0. The lowest BCUT2D eigenvalue weighted by Crippen LogP contribution is -2.25. The summed E-state index contributed by atoms with van der Waals surface area (Å²) in [6, 6.07) is 2.39. The van der Waals surface area contributed by atoms with E-state index in [1.54, 1.807) is 0 Å². The second kappa shape index (κ2) is 4.30.